The van der Waals surface area contributed by atoms with Crippen LogP contribution in [0.25, 0.3) is 11.3 Å². The maximum Gasteiger partial charge on any atom is 0.231 e. The summed E-state index contributed by atoms with van der Waals surface area (Å²) in [5.74, 6) is 0.309. The predicted molar refractivity (Wildman–Crippen MR) is 90.0 cm³/mol. The van der Waals surface area contributed by atoms with Gasteiger partial charge < -0.3 is 9.42 Å². The third-order valence-corrected chi connectivity index (χ3v) is 4.25. The fourth-order valence-corrected chi connectivity index (χ4v) is 2.94. The Morgan fingerprint density at radius 3 is 2.74 bits per heavy atom. The number of carbonyl (C=O) groups is 1. The number of amides is 1. The molecule has 1 aromatic carbocycles. The Hall–Kier alpha value is -2.14. The molecule has 1 N–H and O–H groups in total. The standard InChI is InChI=1S/C18H23N3O2/c1-14(13-21-10-6-3-7-11-21)18(22)19-17-12-16(20-23-17)15-8-4-2-5-9-15/h2,4-5,8-9,12,14H,3,6-7,10-11,13H2,1H3,(H,19,22). The van der Waals surface area contributed by atoms with E-state index in [1.165, 1.54) is 19.3 Å². The van der Waals surface area contributed by atoms with Crippen molar-refractivity contribution in [3.63, 3.8) is 0 Å². The first kappa shape index (κ1) is 15.7. The van der Waals surface area contributed by atoms with Gasteiger partial charge in [0.15, 0.2) is 0 Å². The molecule has 1 aromatic heterocycles. The average Bonchev–Trinajstić information content (AvgIpc) is 3.05. The lowest BCUT2D eigenvalue weighted by Crippen LogP contribution is -2.37. The number of likely N-dealkylation sites (tertiary alicyclic amines) is 1. The predicted octanol–water partition coefficient (Wildman–Crippen LogP) is 3.40. The summed E-state index contributed by atoms with van der Waals surface area (Å²) in [5.41, 5.74) is 1.70. The second-order valence-corrected chi connectivity index (χ2v) is 6.19. The van der Waals surface area contributed by atoms with Crippen LogP contribution in [0.2, 0.25) is 0 Å². The number of anilines is 1. The molecule has 5 heteroatoms. The smallest absolute Gasteiger partial charge is 0.231 e. The number of benzene rings is 1. The number of carbonyl (C=O) groups excluding carboxylic acids is 1. The Bertz CT molecular complexity index is 633. The van der Waals surface area contributed by atoms with E-state index in [4.69, 9.17) is 4.52 Å². The molecule has 1 atom stereocenters. The molecule has 0 spiro atoms. The molecule has 23 heavy (non-hydrogen) atoms. The van der Waals surface area contributed by atoms with E-state index >= 15 is 0 Å². The van der Waals surface area contributed by atoms with Gasteiger partial charge in [-0.15, -0.1) is 0 Å². The number of nitrogens with zero attached hydrogens (tertiary/aromatic N) is 2. The summed E-state index contributed by atoms with van der Waals surface area (Å²) in [7, 11) is 0. The van der Waals surface area contributed by atoms with Gasteiger partial charge in [-0.3, -0.25) is 10.1 Å². The second-order valence-electron chi connectivity index (χ2n) is 6.19. The van der Waals surface area contributed by atoms with Gasteiger partial charge in [0, 0.05) is 24.1 Å². The highest BCUT2D eigenvalue weighted by Crippen LogP contribution is 2.21. The van der Waals surface area contributed by atoms with Gasteiger partial charge in [-0.2, -0.15) is 0 Å². The van der Waals surface area contributed by atoms with Gasteiger partial charge in [-0.25, -0.2) is 0 Å². The molecular weight excluding hydrogens is 290 g/mol. The first-order valence-electron chi connectivity index (χ1n) is 8.28. The molecule has 2 heterocycles. The van der Waals surface area contributed by atoms with E-state index in [1.807, 2.05) is 37.3 Å². The van der Waals surface area contributed by atoms with Crippen molar-refractivity contribution < 1.29 is 9.32 Å². The van der Waals surface area contributed by atoms with Crippen LogP contribution in [0.5, 0.6) is 0 Å². The largest absolute Gasteiger partial charge is 0.338 e. The van der Waals surface area contributed by atoms with Crippen molar-refractivity contribution in [2.24, 2.45) is 5.92 Å². The van der Waals surface area contributed by atoms with Crippen molar-refractivity contribution in [3.05, 3.63) is 36.4 Å². The SMILES string of the molecule is CC(CN1CCCCC1)C(=O)Nc1cc(-c2ccccc2)no1. The summed E-state index contributed by atoms with van der Waals surface area (Å²) in [6.07, 6.45) is 3.77. The summed E-state index contributed by atoms with van der Waals surface area (Å²) in [6, 6.07) is 11.5. The Kier molecular flexibility index (Phi) is 5.08. The van der Waals surface area contributed by atoms with Crippen LogP contribution >= 0.6 is 0 Å². The molecule has 3 rings (SSSR count). The molecule has 1 fully saturated rings. The van der Waals surface area contributed by atoms with Gasteiger partial charge in [0.2, 0.25) is 11.8 Å². The molecule has 0 aliphatic carbocycles. The third kappa shape index (κ3) is 4.20. The Morgan fingerprint density at radius 1 is 1.26 bits per heavy atom. The molecular formula is C18H23N3O2. The lowest BCUT2D eigenvalue weighted by Gasteiger charge is -2.28. The molecule has 1 saturated heterocycles. The van der Waals surface area contributed by atoms with Crippen LogP contribution in [-0.4, -0.2) is 35.6 Å². The van der Waals surface area contributed by atoms with Crippen molar-refractivity contribution in [1.82, 2.24) is 10.1 Å². The summed E-state index contributed by atoms with van der Waals surface area (Å²) >= 11 is 0. The molecule has 1 amide bonds. The normalized spacial score (nSPS) is 16.9. The molecule has 122 valence electrons. The maximum absolute atomic E-state index is 12.3. The van der Waals surface area contributed by atoms with E-state index in [0.29, 0.717) is 5.88 Å². The van der Waals surface area contributed by atoms with Gasteiger partial charge in [-0.1, -0.05) is 48.8 Å². The van der Waals surface area contributed by atoms with Crippen LogP contribution in [0.4, 0.5) is 5.88 Å². The molecule has 1 aliphatic rings. The van der Waals surface area contributed by atoms with E-state index in [1.54, 1.807) is 6.07 Å². The fraction of sp³-hybridized carbons (Fsp3) is 0.444. The Morgan fingerprint density at radius 2 is 2.00 bits per heavy atom. The second kappa shape index (κ2) is 7.42. The number of hydrogen-bond acceptors (Lipinski definition) is 4. The van der Waals surface area contributed by atoms with Crippen molar-refractivity contribution in [2.75, 3.05) is 25.0 Å². The highest BCUT2D eigenvalue weighted by Gasteiger charge is 2.20. The van der Waals surface area contributed by atoms with E-state index in [9.17, 15) is 4.79 Å². The van der Waals surface area contributed by atoms with Gasteiger partial charge in [0.25, 0.3) is 0 Å². The van der Waals surface area contributed by atoms with Crippen LogP contribution in [0.15, 0.2) is 40.9 Å². The fourth-order valence-electron chi connectivity index (χ4n) is 2.94. The van der Waals surface area contributed by atoms with Crippen molar-refractivity contribution in [2.45, 2.75) is 26.2 Å². The monoisotopic (exact) mass is 313 g/mol. The minimum absolute atomic E-state index is 0.0219. The van der Waals surface area contributed by atoms with E-state index in [-0.39, 0.29) is 11.8 Å². The number of aromatic nitrogens is 1. The average molecular weight is 313 g/mol. The summed E-state index contributed by atoms with van der Waals surface area (Å²) in [5, 5.41) is 6.84. The minimum Gasteiger partial charge on any atom is -0.338 e. The highest BCUT2D eigenvalue weighted by molar-refractivity contribution is 5.91. The Labute approximate surface area is 136 Å². The lowest BCUT2D eigenvalue weighted by atomic mass is 10.1. The van der Waals surface area contributed by atoms with Gasteiger partial charge in [0.1, 0.15) is 5.69 Å². The van der Waals surface area contributed by atoms with Crippen LogP contribution in [-0.2, 0) is 4.79 Å². The van der Waals surface area contributed by atoms with Gasteiger partial charge >= 0.3 is 0 Å². The molecule has 1 aliphatic heterocycles. The number of piperidine rings is 1. The molecule has 0 saturated carbocycles. The third-order valence-electron chi connectivity index (χ3n) is 4.25. The quantitative estimate of drug-likeness (QED) is 0.919. The maximum atomic E-state index is 12.3. The van der Waals surface area contributed by atoms with Crippen LogP contribution in [0, 0.1) is 5.92 Å². The molecule has 0 radical (unpaired) electrons. The summed E-state index contributed by atoms with van der Waals surface area (Å²) in [4.78, 5) is 14.7. The van der Waals surface area contributed by atoms with Gasteiger partial charge in [-0.05, 0) is 25.9 Å². The topological polar surface area (TPSA) is 58.4 Å². The minimum atomic E-state index is -0.0709. The number of hydrogen-bond donors (Lipinski definition) is 1. The number of rotatable bonds is 5. The first-order valence-corrected chi connectivity index (χ1v) is 8.28. The number of nitrogens with one attached hydrogen (secondary N) is 1. The van der Waals surface area contributed by atoms with E-state index in [0.717, 1.165) is 30.9 Å². The first-order chi connectivity index (χ1) is 11.2. The zero-order valence-electron chi connectivity index (χ0n) is 13.5. The Balaban J connectivity index is 1.56. The van der Waals surface area contributed by atoms with Crippen molar-refractivity contribution in [3.8, 4) is 11.3 Å². The highest BCUT2D eigenvalue weighted by atomic mass is 16.5. The zero-order valence-corrected chi connectivity index (χ0v) is 13.5. The van der Waals surface area contributed by atoms with Crippen molar-refractivity contribution in [1.29, 1.82) is 0 Å². The van der Waals surface area contributed by atoms with Crippen LogP contribution in [0.1, 0.15) is 26.2 Å². The van der Waals surface area contributed by atoms with E-state index in [2.05, 4.69) is 15.4 Å². The molecule has 0 bridgehead atoms. The van der Waals surface area contributed by atoms with Crippen molar-refractivity contribution >= 4 is 11.8 Å². The molecule has 2 aromatic rings. The van der Waals surface area contributed by atoms with E-state index < -0.39 is 0 Å². The summed E-state index contributed by atoms with van der Waals surface area (Å²) in [6.45, 7) is 4.94. The summed E-state index contributed by atoms with van der Waals surface area (Å²) < 4.78 is 5.23. The van der Waals surface area contributed by atoms with Gasteiger partial charge in [0.05, 0.1) is 0 Å². The zero-order chi connectivity index (χ0) is 16.1. The molecule has 1 unspecified atom stereocenters. The van der Waals surface area contributed by atoms with Crippen LogP contribution in [0.3, 0.4) is 0 Å². The lowest BCUT2D eigenvalue weighted by molar-refractivity contribution is -0.120. The van der Waals surface area contributed by atoms with Crippen LogP contribution < -0.4 is 5.32 Å². The molecule has 5 nitrogen and oxygen atoms in total.